The molecule has 2 aromatic carbocycles. The summed E-state index contributed by atoms with van der Waals surface area (Å²) in [6.07, 6.45) is 0.938. The normalized spacial score (nSPS) is 10.3. The lowest BCUT2D eigenvalue weighted by Crippen LogP contribution is -2.12. The molecule has 0 N–H and O–H groups in total. The van der Waals surface area contributed by atoms with E-state index in [1.54, 1.807) is 18.2 Å². The number of carbonyl (C=O) groups is 1. The maximum atomic E-state index is 13.1. The second kappa shape index (κ2) is 6.33. The smallest absolute Gasteiger partial charge is 0.200 e. The number of hydrogen-bond donors (Lipinski definition) is 0. The van der Waals surface area contributed by atoms with Crippen LogP contribution in [0.4, 0.5) is 4.39 Å². The molecule has 0 saturated carbocycles. The summed E-state index contributed by atoms with van der Waals surface area (Å²) in [6, 6.07) is 11.7. The molecule has 0 aromatic heterocycles. The van der Waals surface area contributed by atoms with Gasteiger partial charge in [-0.3, -0.25) is 4.79 Å². The third-order valence-corrected chi connectivity index (χ3v) is 3.19. The van der Waals surface area contributed by atoms with E-state index in [-0.39, 0.29) is 18.2 Å². The summed E-state index contributed by atoms with van der Waals surface area (Å²) in [6.45, 7) is 3.79. The molecule has 20 heavy (non-hydrogen) atoms. The number of rotatable bonds is 5. The molecule has 0 fully saturated rings. The highest BCUT2D eigenvalue weighted by molar-refractivity contribution is 5.97. The van der Waals surface area contributed by atoms with Crippen LogP contribution in [0.5, 0.6) is 5.75 Å². The fourth-order valence-corrected chi connectivity index (χ4v) is 1.88. The van der Waals surface area contributed by atoms with E-state index < -0.39 is 0 Å². The SMILES string of the molecule is CCc1ccc(C(=O)COc2cc(F)ccc2C)cc1. The van der Waals surface area contributed by atoms with Crippen LogP contribution >= 0.6 is 0 Å². The Kier molecular flexibility index (Phi) is 4.51. The highest BCUT2D eigenvalue weighted by atomic mass is 19.1. The Hall–Kier alpha value is -2.16. The predicted octanol–water partition coefficient (Wildman–Crippen LogP) is 3.96. The van der Waals surface area contributed by atoms with Crippen molar-refractivity contribution in [3.63, 3.8) is 0 Å². The Labute approximate surface area is 118 Å². The Morgan fingerprint density at radius 2 is 1.85 bits per heavy atom. The third kappa shape index (κ3) is 3.44. The Morgan fingerprint density at radius 3 is 2.50 bits per heavy atom. The molecule has 104 valence electrons. The lowest BCUT2D eigenvalue weighted by molar-refractivity contribution is 0.0921. The maximum Gasteiger partial charge on any atom is 0.200 e. The predicted molar refractivity (Wildman–Crippen MR) is 76.8 cm³/mol. The van der Waals surface area contributed by atoms with Crippen LogP contribution in [-0.2, 0) is 6.42 Å². The second-order valence-electron chi connectivity index (χ2n) is 4.67. The largest absolute Gasteiger partial charge is 0.485 e. The summed E-state index contributed by atoms with van der Waals surface area (Å²) in [5, 5.41) is 0. The van der Waals surface area contributed by atoms with Crippen LogP contribution in [0.1, 0.15) is 28.4 Å². The zero-order chi connectivity index (χ0) is 14.5. The number of ketones is 1. The van der Waals surface area contributed by atoms with Gasteiger partial charge >= 0.3 is 0 Å². The van der Waals surface area contributed by atoms with E-state index in [1.165, 1.54) is 17.7 Å². The number of aryl methyl sites for hydroxylation is 2. The molecule has 2 rings (SSSR count). The van der Waals surface area contributed by atoms with E-state index in [4.69, 9.17) is 4.74 Å². The van der Waals surface area contributed by atoms with Gasteiger partial charge in [-0.05, 0) is 30.5 Å². The van der Waals surface area contributed by atoms with Gasteiger partial charge in [0.25, 0.3) is 0 Å². The standard InChI is InChI=1S/C17H17FO2/c1-3-13-5-7-14(8-6-13)16(19)11-20-17-10-15(18)9-4-12(17)2/h4-10H,3,11H2,1-2H3. The van der Waals surface area contributed by atoms with Gasteiger partial charge < -0.3 is 4.74 Å². The Balaban J connectivity index is 2.02. The van der Waals surface area contributed by atoms with E-state index >= 15 is 0 Å². The molecular weight excluding hydrogens is 255 g/mol. The van der Waals surface area contributed by atoms with Crippen molar-refractivity contribution in [3.8, 4) is 5.75 Å². The van der Waals surface area contributed by atoms with Gasteiger partial charge in [0.2, 0.25) is 0 Å². The lowest BCUT2D eigenvalue weighted by Gasteiger charge is -2.08. The topological polar surface area (TPSA) is 26.3 Å². The number of halogens is 1. The Morgan fingerprint density at radius 1 is 1.15 bits per heavy atom. The highest BCUT2D eigenvalue weighted by Gasteiger charge is 2.08. The molecule has 0 heterocycles. The molecule has 0 aliphatic carbocycles. The zero-order valence-electron chi connectivity index (χ0n) is 11.7. The first-order valence-corrected chi connectivity index (χ1v) is 6.61. The van der Waals surface area contributed by atoms with Gasteiger partial charge in [-0.25, -0.2) is 4.39 Å². The van der Waals surface area contributed by atoms with Gasteiger partial charge in [-0.1, -0.05) is 37.3 Å². The third-order valence-electron chi connectivity index (χ3n) is 3.19. The van der Waals surface area contributed by atoms with Crippen molar-refractivity contribution in [1.82, 2.24) is 0 Å². The van der Waals surface area contributed by atoms with Crippen molar-refractivity contribution < 1.29 is 13.9 Å². The van der Waals surface area contributed by atoms with Crippen LogP contribution in [0.3, 0.4) is 0 Å². The zero-order valence-corrected chi connectivity index (χ0v) is 11.7. The molecular formula is C17H17FO2. The van der Waals surface area contributed by atoms with E-state index in [0.717, 1.165) is 12.0 Å². The van der Waals surface area contributed by atoms with Gasteiger partial charge in [0.1, 0.15) is 11.6 Å². The molecule has 0 bridgehead atoms. The van der Waals surface area contributed by atoms with Crippen molar-refractivity contribution in [1.29, 1.82) is 0 Å². The molecule has 0 saturated heterocycles. The molecule has 0 amide bonds. The molecule has 0 spiro atoms. The average molecular weight is 272 g/mol. The van der Waals surface area contributed by atoms with Gasteiger partial charge in [-0.2, -0.15) is 0 Å². The van der Waals surface area contributed by atoms with Crippen molar-refractivity contribution >= 4 is 5.78 Å². The number of benzene rings is 2. The number of hydrogen-bond acceptors (Lipinski definition) is 2. The summed E-state index contributed by atoms with van der Waals surface area (Å²) in [7, 11) is 0. The summed E-state index contributed by atoms with van der Waals surface area (Å²) in [5.41, 5.74) is 2.60. The van der Waals surface area contributed by atoms with Crippen LogP contribution in [0, 0.1) is 12.7 Å². The second-order valence-corrected chi connectivity index (χ2v) is 4.67. The quantitative estimate of drug-likeness (QED) is 0.770. The molecule has 0 unspecified atom stereocenters. The first-order valence-electron chi connectivity index (χ1n) is 6.61. The monoisotopic (exact) mass is 272 g/mol. The minimum absolute atomic E-state index is 0.0875. The van der Waals surface area contributed by atoms with E-state index in [9.17, 15) is 9.18 Å². The van der Waals surface area contributed by atoms with E-state index in [0.29, 0.717) is 11.3 Å². The first kappa shape index (κ1) is 14.3. The Bertz CT molecular complexity index is 603. The highest BCUT2D eigenvalue weighted by Crippen LogP contribution is 2.19. The lowest BCUT2D eigenvalue weighted by atomic mass is 10.1. The van der Waals surface area contributed by atoms with Gasteiger partial charge in [0, 0.05) is 11.6 Å². The van der Waals surface area contributed by atoms with Crippen molar-refractivity contribution in [2.75, 3.05) is 6.61 Å². The molecule has 0 radical (unpaired) electrons. The van der Waals surface area contributed by atoms with Gasteiger partial charge in [-0.15, -0.1) is 0 Å². The first-order chi connectivity index (χ1) is 9.60. The average Bonchev–Trinajstić information content (AvgIpc) is 2.48. The summed E-state index contributed by atoms with van der Waals surface area (Å²) >= 11 is 0. The molecule has 2 aromatic rings. The van der Waals surface area contributed by atoms with Crippen LogP contribution in [0.2, 0.25) is 0 Å². The number of Topliss-reactive ketones (excluding diaryl/α,β-unsaturated/α-hetero) is 1. The van der Waals surface area contributed by atoms with Gasteiger partial charge in [0.15, 0.2) is 12.4 Å². The molecule has 3 heteroatoms. The van der Waals surface area contributed by atoms with Gasteiger partial charge in [0.05, 0.1) is 0 Å². The number of carbonyl (C=O) groups excluding carboxylic acids is 1. The van der Waals surface area contributed by atoms with Crippen LogP contribution in [-0.4, -0.2) is 12.4 Å². The fourth-order valence-electron chi connectivity index (χ4n) is 1.88. The number of ether oxygens (including phenoxy) is 1. The van der Waals surface area contributed by atoms with E-state index in [1.807, 2.05) is 19.1 Å². The maximum absolute atomic E-state index is 13.1. The van der Waals surface area contributed by atoms with Crippen molar-refractivity contribution in [2.24, 2.45) is 0 Å². The molecule has 0 atom stereocenters. The van der Waals surface area contributed by atoms with Crippen LogP contribution < -0.4 is 4.74 Å². The molecule has 0 aliphatic heterocycles. The summed E-state index contributed by atoms with van der Waals surface area (Å²) in [4.78, 5) is 12.0. The van der Waals surface area contributed by atoms with Crippen molar-refractivity contribution in [2.45, 2.75) is 20.3 Å². The summed E-state index contributed by atoms with van der Waals surface area (Å²) in [5.74, 6) is -0.0785. The minimum atomic E-state index is -0.370. The molecule has 0 aliphatic rings. The van der Waals surface area contributed by atoms with Crippen LogP contribution in [0.25, 0.3) is 0 Å². The minimum Gasteiger partial charge on any atom is -0.485 e. The van der Waals surface area contributed by atoms with Crippen molar-refractivity contribution in [3.05, 3.63) is 65.0 Å². The van der Waals surface area contributed by atoms with E-state index in [2.05, 4.69) is 6.92 Å². The van der Waals surface area contributed by atoms with Crippen LogP contribution in [0.15, 0.2) is 42.5 Å². The molecule has 2 nitrogen and oxygen atoms in total. The summed E-state index contributed by atoms with van der Waals surface area (Å²) < 4.78 is 18.5. The fraction of sp³-hybridized carbons (Fsp3) is 0.235.